The molecule has 0 saturated carbocycles. The normalized spacial score (nSPS) is 12.2. The van der Waals surface area contributed by atoms with Crippen LogP contribution in [0, 0.1) is 0 Å². The van der Waals surface area contributed by atoms with E-state index in [2.05, 4.69) is 43.1 Å². The first-order valence-corrected chi connectivity index (χ1v) is 8.74. The Morgan fingerprint density at radius 3 is 3.00 bits per heavy atom. The molecular weight excluding hydrogens is 266 g/mol. The van der Waals surface area contributed by atoms with Gasteiger partial charge in [0.25, 0.3) is 0 Å². The summed E-state index contributed by atoms with van der Waals surface area (Å²) in [6.45, 7) is 4.37. The van der Waals surface area contributed by atoms with E-state index in [0.717, 1.165) is 22.0 Å². The summed E-state index contributed by atoms with van der Waals surface area (Å²) in [5.74, 6) is 1.08. The molecule has 17 heavy (non-hydrogen) atoms. The Labute approximate surface area is 114 Å². The van der Waals surface area contributed by atoms with Crippen molar-refractivity contribution in [2.45, 2.75) is 24.6 Å². The first kappa shape index (κ1) is 13.0. The number of hydrogen-bond donors (Lipinski definition) is 0. The summed E-state index contributed by atoms with van der Waals surface area (Å²) >= 11 is 1.77. The minimum absolute atomic E-state index is 1.08. The van der Waals surface area contributed by atoms with Crippen LogP contribution in [0.2, 0.25) is 0 Å². The number of benzene rings is 1. The molecule has 1 heterocycles. The second kappa shape index (κ2) is 6.47. The van der Waals surface area contributed by atoms with Crippen molar-refractivity contribution in [3.63, 3.8) is 0 Å². The Morgan fingerprint density at radius 2 is 2.24 bits per heavy atom. The Balaban J connectivity index is 1.93. The molecule has 2 aromatic rings. The number of allylic oxidation sites excluding steroid dienone is 1. The topological polar surface area (TPSA) is 12.9 Å². The largest absolute Gasteiger partial charge is 0.229 e. The average Bonchev–Trinajstić information content (AvgIpc) is 2.71. The van der Waals surface area contributed by atoms with Crippen LogP contribution in [-0.2, 0) is 0 Å². The monoisotopic (exact) mass is 281 g/mol. The van der Waals surface area contributed by atoms with E-state index in [1.165, 1.54) is 10.3 Å². The molecular formula is C13H15NS3. The van der Waals surface area contributed by atoms with E-state index in [9.17, 15) is 0 Å². The second-order valence-electron chi connectivity index (χ2n) is 3.75. The summed E-state index contributed by atoms with van der Waals surface area (Å²) in [7, 11) is 3.65. The fourth-order valence-electron chi connectivity index (χ4n) is 1.47. The third-order valence-electron chi connectivity index (χ3n) is 2.24. The number of nitrogens with zero attached hydrogens (tertiary/aromatic N) is 1. The zero-order valence-corrected chi connectivity index (χ0v) is 12.4. The molecule has 0 aliphatic heterocycles. The number of fused-ring (bicyclic) bond motifs is 1. The molecule has 0 spiro atoms. The van der Waals surface area contributed by atoms with Crippen molar-refractivity contribution in [1.82, 2.24) is 4.98 Å². The summed E-state index contributed by atoms with van der Waals surface area (Å²) in [6, 6.07) is 8.31. The van der Waals surface area contributed by atoms with E-state index in [-0.39, 0.29) is 0 Å². The maximum atomic E-state index is 4.60. The number of hydrogen-bond acceptors (Lipinski definition) is 4. The van der Waals surface area contributed by atoms with Crippen LogP contribution in [0.5, 0.6) is 0 Å². The van der Waals surface area contributed by atoms with E-state index in [1.54, 1.807) is 22.1 Å². The summed E-state index contributed by atoms with van der Waals surface area (Å²) in [5.41, 5.74) is 2.56. The molecule has 2 rings (SSSR count). The SMILES string of the molecule is CCC=C(C)CSSc1nc2ccccc2s1. The summed E-state index contributed by atoms with van der Waals surface area (Å²) < 4.78 is 2.43. The van der Waals surface area contributed by atoms with Gasteiger partial charge in [0, 0.05) is 5.75 Å². The van der Waals surface area contributed by atoms with Crippen LogP contribution in [0.3, 0.4) is 0 Å². The van der Waals surface area contributed by atoms with Gasteiger partial charge in [-0.2, -0.15) is 0 Å². The lowest BCUT2D eigenvalue weighted by molar-refractivity contribution is 1.18. The summed E-state index contributed by atoms with van der Waals surface area (Å²) in [5, 5.41) is 0. The molecule has 0 bridgehead atoms. The molecule has 90 valence electrons. The third kappa shape index (κ3) is 3.76. The van der Waals surface area contributed by atoms with Crippen LogP contribution < -0.4 is 0 Å². The van der Waals surface area contributed by atoms with Crippen molar-refractivity contribution < 1.29 is 0 Å². The minimum Gasteiger partial charge on any atom is -0.229 e. The molecule has 0 aliphatic carbocycles. The van der Waals surface area contributed by atoms with Crippen molar-refractivity contribution >= 4 is 43.1 Å². The van der Waals surface area contributed by atoms with Crippen molar-refractivity contribution in [1.29, 1.82) is 0 Å². The highest BCUT2D eigenvalue weighted by atomic mass is 33.1. The van der Waals surface area contributed by atoms with Gasteiger partial charge in [-0.25, -0.2) is 4.98 Å². The fourth-order valence-corrected chi connectivity index (χ4v) is 5.06. The van der Waals surface area contributed by atoms with E-state index >= 15 is 0 Å². The third-order valence-corrected chi connectivity index (χ3v) is 6.00. The highest BCUT2D eigenvalue weighted by Gasteiger charge is 2.03. The van der Waals surface area contributed by atoms with Crippen molar-refractivity contribution in [2.24, 2.45) is 0 Å². The van der Waals surface area contributed by atoms with Gasteiger partial charge < -0.3 is 0 Å². The Kier molecular flexibility index (Phi) is 4.95. The van der Waals surface area contributed by atoms with Gasteiger partial charge in [-0.3, -0.25) is 0 Å². The van der Waals surface area contributed by atoms with E-state index in [4.69, 9.17) is 0 Å². The zero-order chi connectivity index (χ0) is 12.1. The van der Waals surface area contributed by atoms with E-state index < -0.39 is 0 Å². The van der Waals surface area contributed by atoms with Gasteiger partial charge in [0.05, 0.1) is 10.2 Å². The fraction of sp³-hybridized carbons (Fsp3) is 0.308. The van der Waals surface area contributed by atoms with Crippen molar-refractivity contribution in [3.05, 3.63) is 35.9 Å². The van der Waals surface area contributed by atoms with Crippen LogP contribution in [0.1, 0.15) is 20.3 Å². The van der Waals surface area contributed by atoms with Crippen molar-refractivity contribution in [3.8, 4) is 0 Å². The molecule has 0 atom stereocenters. The lowest BCUT2D eigenvalue weighted by Gasteiger charge is -1.97. The number of rotatable bonds is 5. The van der Waals surface area contributed by atoms with Crippen LogP contribution in [0.25, 0.3) is 10.2 Å². The molecule has 1 aromatic heterocycles. The van der Waals surface area contributed by atoms with E-state index in [1.807, 2.05) is 16.9 Å². The molecule has 1 nitrogen and oxygen atoms in total. The number of para-hydroxylation sites is 1. The molecule has 0 fully saturated rings. The molecule has 4 heteroatoms. The van der Waals surface area contributed by atoms with Gasteiger partial charge in [-0.1, -0.05) is 41.5 Å². The van der Waals surface area contributed by atoms with Gasteiger partial charge in [-0.05, 0) is 36.3 Å². The number of thiazole rings is 1. The van der Waals surface area contributed by atoms with Crippen LogP contribution in [-0.4, -0.2) is 10.7 Å². The van der Waals surface area contributed by atoms with Crippen LogP contribution in [0.15, 0.2) is 40.3 Å². The van der Waals surface area contributed by atoms with Crippen LogP contribution in [0.4, 0.5) is 0 Å². The Morgan fingerprint density at radius 1 is 1.41 bits per heavy atom. The first-order valence-electron chi connectivity index (χ1n) is 5.60. The van der Waals surface area contributed by atoms with Gasteiger partial charge in [-0.15, -0.1) is 11.3 Å². The lowest BCUT2D eigenvalue weighted by atomic mass is 10.3. The van der Waals surface area contributed by atoms with E-state index in [0.29, 0.717) is 0 Å². The molecule has 0 saturated heterocycles. The van der Waals surface area contributed by atoms with Gasteiger partial charge in [0.2, 0.25) is 0 Å². The minimum atomic E-state index is 1.08. The zero-order valence-electron chi connectivity index (χ0n) is 9.97. The van der Waals surface area contributed by atoms with Crippen LogP contribution >= 0.6 is 32.9 Å². The van der Waals surface area contributed by atoms with Gasteiger partial charge in [0.15, 0.2) is 4.34 Å². The summed E-state index contributed by atoms with van der Waals surface area (Å²) in [4.78, 5) is 4.60. The molecule has 0 radical (unpaired) electrons. The van der Waals surface area contributed by atoms with Crippen molar-refractivity contribution in [2.75, 3.05) is 5.75 Å². The van der Waals surface area contributed by atoms with Gasteiger partial charge in [0.1, 0.15) is 0 Å². The highest BCUT2D eigenvalue weighted by molar-refractivity contribution is 8.77. The second-order valence-corrected chi connectivity index (χ2v) is 7.33. The molecule has 0 aliphatic rings. The van der Waals surface area contributed by atoms with Gasteiger partial charge >= 0.3 is 0 Å². The Hall–Kier alpha value is -0.450. The lowest BCUT2D eigenvalue weighted by Crippen LogP contribution is -1.78. The quantitative estimate of drug-likeness (QED) is 0.538. The maximum absolute atomic E-state index is 4.60. The highest BCUT2D eigenvalue weighted by Crippen LogP contribution is 2.37. The molecule has 0 unspecified atom stereocenters. The predicted molar refractivity (Wildman–Crippen MR) is 82.0 cm³/mol. The average molecular weight is 281 g/mol. The molecule has 0 N–H and O–H groups in total. The number of aromatic nitrogens is 1. The molecule has 0 amide bonds. The predicted octanol–water partition coefficient (Wildman–Crippen LogP) is 5.39. The molecule has 1 aromatic carbocycles. The standard InChI is InChI=1S/C13H15NS3/c1-3-6-10(2)9-15-17-13-14-11-7-4-5-8-12(11)16-13/h4-8H,3,9H2,1-2H3. The Bertz CT molecular complexity index is 483. The smallest absolute Gasteiger partial charge is 0.161 e. The first-order chi connectivity index (χ1) is 8.29. The maximum Gasteiger partial charge on any atom is 0.161 e. The summed E-state index contributed by atoms with van der Waals surface area (Å²) in [6.07, 6.45) is 3.41.